The molecule has 0 aliphatic carbocycles. The number of hydrogen-bond acceptors (Lipinski definition) is 2. The molecule has 1 aliphatic rings. The van der Waals surface area contributed by atoms with Crippen molar-refractivity contribution in [3.63, 3.8) is 0 Å². The summed E-state index contributed by atoms with van der Waals surface area (Å²) in [6.07, 6.45) is 3.67. The van der Waals surface area contributed by atoms with Crippen molar-refractivity contribution in [1.82, 2.24) is 10.2 Å². The van der Waals surface area contributed by atoms with Crippen LogP contribution in [0.2, 0.25) is 0 Å². The van der Waals surface area contributed by atoms with E-state index in [-0.39, 0.29) is 18.3 Å². The number of halogens is 3. The number of carbonyl (C=O) groups is 1. The van der Waals surface area contributed by atoms with Crippen molar-refractivity contribution in [1.29, 1.82) is 0 Å². The maximum absolute atomic E-state index is 13.1. The molecule has 3 nitrogen and oxygen atoms in total. The Morgan fingerprint density at radius 3 is 2.59 bits per heavy atom. The average Bonchev–Trinajstić information content (AvgIpc) is 2.51. The minimum absolute atomic E-state index is 0. The van der Waals surface area contributed by atoms with E-state index in [0.717, 1.165) is 37.6 Å². The normalized spacial score (nSPS) is 15.2. The maximum atomic E-state index is 13.1. The quantitative estimate of drug-likeness (QED) is 0.899. The van der Waals surface area contributed by atoms with Crippen LogP contribution in [0.1, 0.15) is 31.2 Å². The molecule has 1 aliphatic heterocycles. The Kier molecular flexibility index (Phi) is 7.76. The molecule has 0 atom stereocenters. The lowest BCUT2D eigenvalue weighted by molar-refractivity contribution is -0.132. The number of benzene rings is 1. The molecular weight excluding hydrogens is 310 g/mol. The molecule has 1 aromatic carbocycles. The van der Waals surface area contributed by atoms with Crippen LogP contribution < -0.4 is 5.32 Å². The van der Waals surface area contributed by atoms with Gasteiger partial charge in [0.25, 0.3) is 0 Å². The zero-order valence-electron chi connectivity index (χ0n) is 12.8. The van der Waals surface area contributed by atoms with Gasteiger partial charge >= 0.3 is 0 Å². The third kappa shape index (κ3) is 5.21. The van der Waals surface area contributed by atoms with E-state index in [9.17, 15) is 13.6 Å². The highest BCUT2D eigenvalue weighted by Gasteiger charge is 2.21. The first-order valence-electron chi connectivity index (χ1n) is 7.48. The van der Waals surface area contributed by atoms with Gasteiger partial charge in [0.15, 0.2) is 11.6 Å². The third-order valence-electron chi connectivity index (χ3n) is 4.09. The van der Waals surface area contributed by atoms with Crippen molar-refractivity contribution < 1.29 is 13.6 Å². The highest BCUT2D eigenvalue weighted by atomic mass is 35.5. The summed E-state index contributed by atoms with van der Waals surface area (Å²) >= 11 is 0. The topological polar surface area (TPSA) is 32.3 Å². The second-order valence-electron chi connectivity index (χ2n) is 5.59. The van der Waals surface area contributed by atoms with Crippen molar-refractivity contribution in [3.8, 4) is 0 Å². The van der Waals surface area contributed by atoms with Crippen LogP contribution in [0.3, 0.4) is 0 Å². The summed E-state index contributed by atoms with van der Waals surface area (Å²) in [5.74, 6) is -1.53. The summed E-state index contributed by atoms with van der Waals surface area (Å²) < 4.78 is 25.9. The lowest BCUT2D eigenvalue weighted by atomic mass is 10.0. The molecule has 0 spiro atoms. The molecule has 1 saturated heterocycles. The summed E-state index contributed by atoms with van der Waals surface area (Å²) in [5, 5.41) is 3.28. The van der Waals surface area contributed by atoms with Crippen LogP contribution in [0, 0.1) is 11.6 Å². The summed E-state index contributed by atoms with van der Waals surface area (Å²) in [6, 6.07) is 4.23. The Balaban J connectivity index is 0.00000242. The van der Waals surface area contributed by atoms with Crippen LogP contribution in [-0.2, 0) is 11.2 Å². The van der Waals surface area contributed by atoms with Crippen molar-refractivity contribution in [3.05, 3.63) is 35.4 Å². The zero-order valence-corrected chi connectivity index (χ0v) is 13.6. The predicted octanol–water partition coefficient (Wildman–Crippen LogP) is 2.92. The van der Waals surface area contributed by atoms with Gasteiger partial charge in [0.1, 0.15) is 0 Å². The zero-order chi connectivity index (χ0) is 15.2. The first-order chi connectivity index (χ1) is 10.1. The highest BCUT2D eigenvalue weighted by molar-refractivity contribution is 5.85. The van der Waals surface area contributed by atoms with Crippen molar-refractivity contribution in [2.24, 2.45) is 0 Å². The first kappa shape index (κ1) is 18.8. The van der Waals surface area contributed by atoms with E-state index in [0.29, 0.717) is 25.3 Å². The van der Waals surface area contributed by atoms with Gasteiger partial charge in [-0.1, -0.05) is 6.07 Å². The standard InChI is InChI=1S/C16H22F2N2O.ClH/c1-20(13-7-9-19-10-8-13)16(21)4-2-3-12-5-6-14(17)15(18)11-12;/h5-6,11,13,19H,2-4,7-10H2,1H3;1H. The van der Waals surface area contributed by atoms with Gasteiger partial charge in [-0.3, -0.25) is 4.79 Å². The van der Waals surface area contributed by atoms with Crippen LogP contribution >= 0.6 is 12.4 Å². The molecule has 1 amide bonds. The van der Waals surface area contributed by atoms with E-state index in [1.54, 1.807) is 6.07 Å². The van der Waals surface area contributed by atoms with E-state index in [4.69, 9.17) is 0 Å². The van der Waals surface area contributed by atoms with E-state index >= 15 is 0 Å². The van der Waals surface area contributed by atoms with Gasteiger partial charge in [-0.05, 0) is 56.5 Å². The first-order valence-corrected chi connectivity index (χ1v) is 7.48. The van der Waals surface area contributed by atoms with Crippen molar-refractivity contribution >= 4 is 18.3 Å². The van der Waals surface area contributed by atoms with Gasteiger partial charge in [-0.15, -0.1) is 12.4 Å². The van der Waals surface area contributed by atoms with Gasteiger partial charge in [-0.25, -0.2) is 8.78 Å². The van der Waals surface area contributed by atoms with Crippen LogP contribution in [0.25, 0.3) is 0 Å². The summed E-state index contributed by atoms with van der Waals surface area (Å²) in [4.78, 5) is 14.0. The van der Waals surface area contributed by atoms with Crippen molar-refractivity contribution in [2.45, 2.75) is 38.1 Å². The average molecular weight is 333 g/mol. The molecule has 0 unspecified atom stereocenters. The van der Waals surface area contributed by atoms with Gasteiger partial charge in [-0.2, -0.15) is 0 Å². The molecular formula is C16H23ClF2N2O. The van der Waals surface area contributed by atoms with Gasteiger partial charge < -0.3 is 10.2 Å². The molecule has 0 aromatic heterocycles. The SMILES string of the molecule is CN(C(=O)CCCc1ccc(F)c(F)c1)C1CCNCC1.Cl. The predicted molar refractivity (Wildman–Crippen MR) is 85.2 cm³/mol. The Labute approximate surface area is 136 Å². The molecule has 0 bridgehead atoms. The number of aryl methyl sites for hydroxylation is 1. The Morgan fingerprint density at radius 2 is 1.95 bits per heavy atom. The molecule has 0 radical (unpaired) electrons. The van der Waals surface area contributed by atoms with Gasteiger partial charge in [0.2, 0.25) is 5.91 Å². The summed E-state index contributed by atoms with van der Waals surface area (Å²) in [5.41, 5.74) is 0.728. The number of nitrogens with zero attached hydrogens (tertiary/aromatic N) is 1. The van der Waals surface area contributed by atoms with Crippen LogP contribution in [-0.4, -0.2) is 37.0 Å². The number of hydrogen-bond donors (Lipinski definition) is 1. The molecule has 0 saturated carbocycles. The fourth-order valence-electron chi connectivity index (χ4n) is 2.71. The molecule has 1 heterocycles. The largest absolute Gasteiger partial charge is 0.343 e. The monoisotopic (exact) mass is 332 g/mol. The second-order valence-corrected chi connectivity index (χ2v) is 5.59. The minimum Gasteiger partial charge on any atom is -0.343 e. The molecule has 2 rings (SSSR count). The number of rotatable bonds is 5. The number of piperidine rings is 1. The minimum atomic E-state index is -0.833. The maximum Gasteiger partial charge on any atom is 0.222 e. The third-order valence-corrected chi connectivity index (χ3v) is 4.09. The second kappa shape index (κ2) is 9.06. The number of carbonyl (C=O) groups excluding carboxylic acids is 1. The van der Waals surface area contributed by atoms with Crippen LogP contribution in [0.15, 0.2) is 18.2 Å². The molecule has 6 heteroatoms. The highest BCUT2D eigenvalue weighted by Crippen LogP contribution is 2.14. The fraction of sp³-hybridized carbons (Fsp3) is 0.562. The van der Waals surface area contributed by atoms with Crippen molar-refractivity contribution in [2.75, 3.05) is 20.1 Å². The van der Waals surface area contributed by atoms with E-state index < -0.39 is 11.6 Å². The molecule has 1 N–H and O–H groups in total. The number of amides is 1. The smallest absolute Gasteiger partial charge is 0.222 e. The fourth-order valence-corrected chi connectivity index (χ4v) is 2.71. The molecule has 1 fully saturated rings. The number of nitrogens with one attached hydrogen (secondary N) is 1. The van der Waals surface area contributed by atoms with E-state index in [1.807, 2.05) is 11.9 Å². The lowest BCUT2D eigenvalue weighted by Crippen LogP contribution is -2.43. The summed E-state index contributed by atoms with van der Waals surface area (Å²) in [6.45, 7) is 1.91. The van der Waals surface area contributed by atoms with Crippen LogP contribution in [0.5, 0.6) is 0 Å². The molecule has 22 heavy (non-hydrogen) atoms. The molecule has 1 aromatic rings. The Bertz CT molecular complexity index is 493. The Hall–Kier alpha value is -1.20. The molecule has 124 valence electrons. The van der Waals surface area contributed by atoms with E-state index in [1.165, 1.54) is 6.07 Å². The summed E-state index contributed by atoms with van der Waals surface area (Å²) in [7, 11) is 1.86. The lowest BCUT2D eigenvalue weighted by Gasteiger charge is -2.31. The van der Waals surface area contributed by atoms with Gasteiger partial charge in [0.05, 0.1) is 0 Å². The van der Waals surface area contributed by atoms with E-state index in [2.05, 4.69) is 5.32 Å². The Morgan fingerprint density at radius 1 is 1.27 bits per heavy atom. The van der Waals surface area contributed by atoms with Crippen LogP contribution in [0.4, 0.5) is 8.78 Å². The van der Waals surface area contributed by atoms with Gasteiger partial charge in [0, 0.05) is 19.5 Å².